The highest BCUT2D eigenvalue weighted by molar-refractivity contribution is 5.76. The zero-order chi connectivity index (χ0) is 17.3. The van der Waals surface area contributed by atoms with Gasteiger partial charge in [0.1, 0.15) is 17.9 Å². The molecule has 2 unspecified atom stereocenters. The molecule has 0 aliphatic carbocycles. The lowest BCUT2D eigenvalue weighted by atomic mass is 9.92. The lowest BCUT2D eigenvalue weighted by molar-refractivity contribution is -0.134. The summed E-state index contributed by atoms with van der Waals surface area (Å²) in [6.07, 6.45) is 2.63. The number of likely N-dealkylation sites (tertiary alicyclic amines) is 1. The van der Waals surface area contributed by atoms with Gasteiger partial charge in [-0.05, 0) is 36.5 Å². The Morgan fingerprint density at radius 2 is 2.08 bits per heavy atom. The van der Waals surface area contributed by atoms with Crippen molar-refractivity contribution < 1.29 is 9.21 Å². The van der Waals surface area contributed by atoms with Crippen molar-refractivity contribution in [1.29, 1.82) is 0 Å². The van der Waals surface area contributed by atoms with Crippen molar-refractivity contribution in [2.45, 2.75) is 26.8 Å². The van der Waals surface area contributed by atoms with Crippen LogP contribution in [0.5, 0.6) is 0 Å². The van der Waals surface area contributed by atoms with Crippen LogP contribution in [0.1, 0.15) is 20.3 Å². The molecule has 0 bridgehead atoms. The minimum atomic E-state index is -0.461. The normalized spacial score (nSPS) is 21.0. The van der Waals surface area contributed by atoms with Crippen LogP contribution < -0.4 is 11.3 Å². The summed E-state index contributed by atoms with van der Waals surface area (Å²) in [4.78, 5) is 26.6. The Bertz CT molecular complexity index is 772. The summed E-state index contributed by atoms with van der Waals surface area (Å²) in [6, 6.07) is 4.92. The Labute approximate surface area is 140 Å². The van der Waals surface area contributed by atoms with Crippen molar-refractivity contribution in [2.24, 2.45) is 11.8 Å². The summed E-state index contributed by atoms with van der Waals surface area (Å²) in [5, 5.41) is 4.23. The topological polar surface area (TPSA) is 94.4 Å². The smallest absolute Gasteiger partial charge is 0.290 e. The maximum atomic E-state index is 12.6. The van der Waals surface area contributed by atoms with Crippen LogP contribution in [0.2, 0.25) is 0 Å². The van der Waals surface area contributed by atoms with Gasteiger partial charge < -0.3 is 15.1 Å². The Morgan fingerprint density at radius 3 is 2.71 bits per heavy atom. The highest BCUT2D eigenvalue weighted by Gasteiger charge is 2.26. The van der Waals surface area contributed by atoms with Crippen LogP contribution >= 0.6 is 0 Å². The minimum Gasteiger partial charge on any atom is -0.463 e. The monoisotopic (exact) mass is 330 g/mol. The van der Waals surface area contributed by atoms with E-state index in [1.807, 2.05) is 4.90 Å². The van der Waals surface area contributed by atoms with Gasteiger partial charge in [-0.2, -0.15) is 5.10 Å². The number of furan rings is 1. The number of carbonyl (C=O) groups excluding carboxylic acids is 1. The van der Waals surface area contributed by atoms with Crippen LogP contribution in [0.15, 0.2) is 33.7 Å². The van der Waals surface area contributed by atoms with Crippen molar-refractivity contribution in [2.75, 3.05) is 18.8 Å². The molecule has 3 heterocycles. The van der Waals surface area contributed by atoms with Crippen molar-refractivity contribution in [3.63, 3.8) is 0 Å². The van der Waals surface area contributed by atoms with Gasteiger partial charge in [-0.1, -0.05) is 13.8 Å². The molecule has 7 nitrogen and oxygen atoms in total. The zero-order valence-electron chi connectivity index (χ0n) is 13.9. The molecule has 1 fully saturated rings. The number of aromatic nitrogens is 2. The number of nitrogens with zero attached hydrogens (tertiary/aromatic N) is 3. The van der Waals surface area contributed by atoms with Gasteiger partial charge >= 0.3 is 0 Å². The van der Waals surface area contributed by atoms with Gasteiger partial charge in [-0.25, -0.2) is 4.68 Å². The van der Waals surface area contributed by atoms with E-state index >= 15 is 0 Å². The molecular formula is C17H22N4O3. The standard InChI is InChI=1S/C17H22N4O3/c1-11-6-12(2)9-20(8-11)16(22)10-21-17(23)13(18)7-14(19-21)15-4-3-5-24-15/h3-5,7,11-12H,6,8-10,18H2,1-2H3. The SMILES string of the molecule is CC1CC(C)CN(C(=O)Cn2nc(-c3ccco3)cc(N)c2=O)C1. The number of carbonyl (C=O) groups is 1. The van der Waals surface area contributed by atoms with Gasteiger partial charge in [-0.3, -0.25) is 9.59 Å². The fourth-order valence-electron chi connectivity index (χ4n) is 3.31. The second-order valence-corrected chi connectivity index (χ2v) is 6.67. The molecule has 24 heavy (non-hydrogen) atoms. The second kappa shape index (κ2) is 6.51. The quantitative estimate of drug-likeness (QED) is 0.922. The number of hydrogen-bond donors (Lipinski definition) is 1. The molecule has 1 aliphatic rings. The molecule has 0 spiro atoms. The molecule has 2 aromatic rings. The summed E-state index contributed by atoms with van der Waals surface area (Å²) >= 11 is 0. The van der Waals surface area contributed by atoms with Crippen molar-refractivity contribution >= 4 is 11.6 Å². The molecule has 0 aromatic carbocycles. The molecule has 128 valence electrons. The number of anilines is 1. The van der Waals surface area contributed by atoms with Crippen molar-refractivity contribution in [3.05, 3.63) is 34.8 Å². The van der Waals surface area contributed by atoms with Crippen molar-refractivity contribution in [1.82, 2.24) is 14.7 Å². The van der Waals surface area contributed by atoms with E-state index in [1.165, 1.54) is 12.3 Å². The van der Waals surface area contributed by atoms with Crippen LogP contribution in [0, 0.1) is 11.8 Å². The zero-order valence-corrected chi connectivity index (χ0v) is 13.9. The molecule has 2 N–H and O–H groups in total. The summed E-state index contributed by atoms with van der Waals surface area (Å²) < 4.78 is 6.41. The first-order chi connectivity index (χ1) is 11.4. The van der Waals surface area contributed by atoms with Gasteiger partial charge in [0.15, 0.2) is 5.76 Å². The summed E-state index contributed by atoms with van der Waals surface area (Å²) in [5.41, 5.74) is 5.81. The molecule has 1 saturated heterocycles. The highest BCUT2D eigenvalue weighted by Crippen LogP contribution is 2.21. The van der Waals surface area contributed by atoms with E-state index in [0.29, 0.717) is 36.4 Å². The van der Waals surface area contributed by atoms with E-state index < -0.39 is 5.56 Å². The van der Waals surface area contributed by atoms with E-state index in [9.17, 15) is 9.59 Å². The van der Waals surface area contributed by atoms with E-state index in [1.54, 1.807) is 12.1 Å². The van der Waals surface area contributed by atoms with Crippen LogP contribution in [0.25, 0.3) is 11.5 Å². The Hall–Kier alpha value is -2.57. The van der Waals surface area contributed by atoms with E-state index in [2.05, 4.69) is 18.9 Å². The fourth-order valence-corrected chi connectivity index (χ4v) is 3.31. The highest BCUT2D eigenvalue weighted by atomic mass is 16.3. The lowest BCUT2D eigenvalue weighted by Gasteiger charge is -2.35. The van der Waals surface area contributed by atoms with Gasteiger partial charge in [0, 0.05) is 13.1 Å². The second-order valence-electron chi connectivity index (χ2n) is 6.67. The molecule has 2 atom stereocenters. The molecular weight excluding hydrogens is 308 g/mol. The first kappa shape index (κ1) is 16.3. The number of rotatable bonds is 3. The average Bonchev–Trinajstić information content (AvgIpc) is 3.05. The summed E-state index contributed by atoms with van der Waals surface area (Å²) in [5.74, 6) is 1.31. The maximum absolute atomic E-state index is 12.6. The van der Waals surface area contributed by atoms with Crippen LogP contribution in [0.4, 0.5) is 5.69 Å². The molecule has 2 aromatic heterocycles. The van der Waals surface area contributed by atoms with E-state index in [0.717, 1.165) is 11.1 Å². The molecule has 7 heteroatoms. The number of nitrogens with two attached hydrogens (primary N) is 1. The largest absolute Gasteiger partial charge is 0.463 e. The molecule has 0 saturated carbocycles. The first-order valence-electron chi connectivity index (χ1n) is 8.13. The van der Waals surface area contributed by atoms with Gasteiger partial charge in [-0.15, -0.1) is 0 Å². The van der Waals surface area contributed by atoms with Crippen molar-refractivity contribution in [3.8, 4) is 11.5 Å². The van der Waals surface area contributed by atoms with Crippen LogP contribution in [-0.2, 0) is 11.3 Å². The van der Waals surface area contributed by atoms with Gasteiger partial charge in [0.25, 0.3) is 5.56 Å². The number of hydrogen-bond acceptors (Lipinski definition) is 5. The Kier molecular flexibility index (Phi) is 4.42. The third kappa shape index (κ3) is 3.34. The average molecular weight is 330 g/mol. The van der Waals surface area contributed by atoms with Gasteiger partial charge in [0.2, 0.25) is 5.91 Å². The van der Waals surface area contributed by atoms with E-state index in [4.69, 9.17) is 10.2 Å². The van der Waals surface area contributed by atoms with Gasteiger partial charge in [0.05, 0.1) is 6.26 Å². The molecule has 0 radical (unpaired) electrons. The molecule has 3 rings (SSSR count). The number of nitrogen functional groups attached to an aromatic ring is 1. The third-order valence-electron chi connectivity index (χ3n) is 4.28. The summed E-state index contributed by atoms with van der Waals surface area (Å²) in [6.45, 7) is 5.58. The van der Waals surface area contributed by atoms with Crippen LogP contribution in [0.3, 0.4) is 0 Å². The maximum Gasteiger partial charge on any atom is 0.290 e. The van der Waals surface area contributed by atoms with E-state index in [-0.39, 0.29) is 18.1 Å². The molecule has 1 amide bonds. The molecule has 1 aliphatic heterocycles. The fraction of sp³-hybridized carbons (Fsp3) is 0.471. The lowest BCUT2D eigenvalue weighted by Crippen LogP contribution is -2.45. The number of amides is 1. The Balaban J connectivity index is 1.84. The summed E-state index contributed by atoms with van der Waals surface area (Å²) in [7, 11) is 0. The predicted molar refractivity (Wildman–Crippen MR) is 90.1 cm³/mol. The first-order valence-corrected chi connectivity index (χ1v) is 8.13. The number of piperidine rings is 1. The third-order valence-corrected chi connectivity index (χ3v) is 4.28. The Morgan fingerprint density at radius 1 is 1.38 bits per heavy atom. The predicted octanol–water partition coefficient (Wildman–Crippen LogP) is 1.59. The van der Waals surface area contributed by atoms with Crippen LogP contribution in [-0.4, -0.2) is 33.7 Å². The minimum absolute atomic E-state index is 0.0459.